The molecule has 1 N–H and O–H groups in total. The summed E-state index contributed by atoms with van der Waals surface area (Å²) in [6.07, 6.45) is 3.83. The van der Waals surface area contributed by atoms with E-state index in [0.29, 0.717) is 13.0 Å². The van der Waals surface area contributed by atoms with Crippen LogP contribution in [-0.2, 0) is 11.3 Å². The third kappa shape index (κ3) is 8.90. The second-order valence-corrected chi connectivity index (χ2v) is 6.80. The van der Waals surface area contributed by atoms with E-state index in [9.17, 15) is 5.11 Å². The van der Waals surface area contributed by atoms with E-state index in [0.717, 1.165) is 49.2 Å². The Labute approximate surface area is 169 Å². The van der Waals surface area contributed by atoms with Gasteiger partial charge in [-0.15, -0.1) is 0 Å². The highest BCUT2D eigenvalue weighted by Crippen LogP contribution is 2.14. The summed E-state index contributed by atoms with van der Waals surface area (Å²) in [6, 6.07) is 17.7. The fourth-order valence-corrected chi connectivity index (χ4v) is 2.77. The molecule has 2 rings (SSSR count). The Morgan fingerprint density at radius 1 is 1.04 bits per heavy atom. The summed E-state index contributed by atoms with van der Waals surface area (Å²) in [5.74, 6) is 6.77. The van der Waals surface area contributed by atoms with Gasteiger partial charge in [-0.2, -0.15) is 0 Å². The Balaban J connectivity index is 1.52. The molecule has 28 heavy (non-hydrogen) atoms. The predicted molar refractivity (Wildman–Crippen MR) is 114 cm³/mol. The van der Waals surface area contributed by atoms with Gasteiger partial charge in [0, 0.05) is 12.2 Å². The molecule has 0 saturated heterocycles. The smallest absolute Gasteiger partial charge is 0.118 e. The zero-order valence-electron chi connectivity index (χ0n) is 16.7. The molecule has 3 heteroatoms. The average Bonchev–Trinajstić information content (AvgIpc) is 2.73. The summed E-state index contributed by atoms with van der Waals surface area (Å²) in [5.41, 5.74) is 3.28. The first-order valence-electron chi connectivity index (χ1n) is 9.79. The molecular weight excluding hydrogens is 348 g/mol. The first kappa shape index (κ1) is 21.8. The fourth-order valence-electron chi connectivity index (χ4n) is 2.77. The van der Waals surface area contributed by atoms with Gasteiger partial charge in [-0.3, -0.25) is 0 Å². The van der Waals surface area contributed by atoms with E-state index in [1.54, 1.807) is 7.11 Å². The van der Waals surface area contributed by atoms with E-state index in [1.807, 2.05) is 54.6 Å². The van der Waals surface area contributed by atoms with Crippen molar-refractivity contribution in [1.82, 2.24) is 0 Å². The molecule has 0 fully saturated rings. The molecule has 0 bridgehead atoms. The molecule has 0 aliphatic rings. The van der Waals surface area contributed by atoms with Crippen molar-refractivity contribution in [2.45, 2.75) is 44.8 Å². The lowest BCUT2D eigenvalue weighted by molar-refractivity contribution is 0.118. The third-order valence-corrected chi connectivity index (χ3v) is 4.41. The SMILES string of the molecule is C=C(CCCOCc1ccc(OC)cc1)CCCC(O)C#Cc1ccccc1. The van der Waals surface area contributed by atoms with Crippen LogP contribution in [0, 0.1) is 11.8 Å². The maximum atomic E-state index is 9.98. The van der Waals surface area contributed by atoms with Crippen LogP contribution >= 0.6 is 0 Å². The van der Waals surface area contributed by atoms with Crippen molar-refractivity contribution < 1.29 is 14.6 Å². The number of aliphatic hydroxyl groups excluding tert-OH is 1. The largest absolute Gasteiger partial charge is 0.497 e. The minimum atomic E-state index is -0.583. The van der Waals surface area contributed by atoms with E-state index in [-0.39, 0.29) is 0 Å². The topological polar surface area (TPSA) is 38.7 Å². The monoisotopic (exact) mass is 378 g/mol. The molecule has 0 aliphatic heterocycles. The van der Waals surface area contributed by atoms with Gasteiger partial charge in [0.1, 0.15) is 11.9 Å². The molecule has 1 unspecified atom stereocenters. The van der Waals surface area contributed by atoms with Crippen molar-refractivity contribution in [3.05, 3.63) is 77.9 Å². The molecule has 0 aliphatic carbocycles. The van der Waals surface area contributed by atoms with E-state index >= 15 is 0 Å². The van der Waals surface area contributed by atoms with Gasteiger partial charge in [0.05, 0.1) is 13.7 Å². The van der Waals surface area contributed by atoms with Crippen LogP contribution in [-0.4, -0.2) is 24.9 Å². The second-order valence-electron chi connectivity index (χ2n) is 6.80. The van der Waals surface area contributed by atoms with Crippen LogP contribution in [0.3, 0.4) is 0 Å². The molecule has 0 spiro atoms. The molecular formula is C25H30O3. The highest BCUT2D eigenvalue weighted by Gasteiger charge is 2.02. The Morgan fingerprint density at radius 3 is 2.46 bits per heavy atom. The van der Waals surface area contributed by atoms with Crippen LogP contribution in [0.2, 0.25) is 0 Å². The summed E-state index contributed by atoms with van der Waals surface area (Å²) in [4.78, 5) is 0. The van der Waals surface area contributed by atoms with Crippen molar-refractivity contribution in [3.63, 3.8) is 0 Å². The Kier molecular flexibility index (Phi) is 9.93. The predicted octanol–water partition coefficient (Wildman–Crippen LogP) is 5.13. The van der Waals surface area contributed by atoms with E-state index in [2.05, 4.69) is 18.4 Å². The van der Waals surface area contributed by atoms with Crippen LogP contribution in [0.25, 0.3) is 0 Å². The van der Waals surface area contributed by atoms with Gasteiger partial charge in [0.2, 0.25) is 0 Å². The molecule has 2 aromatic rings. The first-order chi connectivity index (χ1) is 13.7. The number of aliphatic hydroxyl groups is 1. The van der Waals surface area contributed by atoms with Crippen LogP contribution < -0.4 is 4.74 Å². The zero-order valence-corrected chi connectivity index (χ0v) is 16.7. The number of rotatable bonds is 11. The van der Waals surface area contributed by atoms with Gasteiger partial charge in [0.15, 0.2) is 0 Å². The fraction of sp³-hybridized carbons (Fsp3) is 0.360. The van der Waals surface area contributed by atoms with Gasteiger partial charge < -0.3 is 14.6 Å². The number of ether oxygens (including phenoxy) is 2. The number of hydrogen-bond acceptors (Lipinski definition) is 3. The first-order valence-corrected chi connectivity index (χ1v) is 9.79. The molecule has 0 amide bonds. The van der Waals surface area contributed by atoms with Crippen LogP contribution in [0.4, 0.5) is 0 Å². The molecule has 0 saturated carbocycles. The van der Waals surface area contributed by atoms with Crippen molar-refractivity contribution in [3.8, 4) is 17.6 Å². The van der Waals surface area contributed by atoms with Gasteiger partial charge in [0.25, 0.3) is 0 Å². The minimum absolute atomic E-state index is 0.583. The van der Waals surface area contributed by atoms with Crippen LogP contribution in [0.1, 0.15) is 43.2 Å². The summed E-state index contributed by atoms with van der Waals surface area (Å²) in [6.45, 7) is 5.47. The number of benzene rings is 2. The van der Waals surface area contributed by atoms with E-state index in [4.69, 9.17) is 9.47 Å². The quantitative estimate of drug-likeness (QED) is 0.335. The zero-order chi connectivity index (χ0) is 20.0. The summed E-state index contributed by atoms with van der Waals surface area (Å²) in [5, 5.41) is 9.98. The van der Waals surface area contributed by atoms with Gasteiger partial charge in [-0.1, -0.05) is 54.3 Å². The second kappa shape index (κ2) is 12.8. The van der Waals surface area contributed by atoms with E-state index < -0.39 is 6.10 Å². The van der Waals surface area contributed by atoms with Crippen molar-refractivity contribution >= 4 is 0 Å². The number of methoxy groups -OCH3 is 1. The van der Waals surface area contributed by atoms with Crippen molar-refractivity contribution in [2.75, 3.05) is 13.7 Å². The molecule has 3 nitrogen and oxygen atoms in total. The van der Waals surface area contributed by atoms with Crippen LogP contribution in [0.5, 0.6) is 5.75 Å². The summed E-state index contributed by atoms with van der Waals surface area (Å²) >= 11 is 0. The molecule has 0 radical (unpaired) electrons. The molecule has 2 aromatic carbocycles. The molecule has 1 atom stereocenters. The highest BCUT2D eigenvalue weighted by molar-refractivity contribution is 5.34. The number of allylic oxidation sites excluding steroid dienone is 1. The molecule has 0 heterocycles. The highest BCUT2D eigenvalue weighted by atomic mass is 16.5. The van der Waals surface area contributed by atoms with Gasteiger partial charge in [-0.05, 0) is 61.9 Å². The average molecular weight is 379 g/mol. The molecule has 148 valence electrons. The van der Waals surface area contributed by atoms with Gasteiger partial charge in [-0.25, -0.2) is 0 Å². The Morgan fingerprint density at radius 2 is 1.75 bits per heavy atom. The van der Waals surface area contributed by atoms with E-state index in [1.165, 1.54) is 5.57 Å². The minimum Gasteiger partial charge on any atom is -0.497 e. The lowest BCUT2D eigenvalue weighted by Gasteiger charge is -2.08. The molecule has 0 aromatic heterocycles. The lowest BCUT2D eigenvalue weighted by atomic mass is 10.0. The maximum absolute atomic E-state index is 9.98. The summed E-state index contributed by atoms with van der Waals surface area (Å²) in [7, 11) is 1.66. The number of hydrogen-bond donors (Lipinski definition) is 1. The standard InChI is InChI=1S/C25H30O3/c1-21(8-6-12-24(26)16-13-22-10-4-3-5-11-22)9-7-19-28-20-23-14-17-25(27-2)18-15-23/h3-5,10-11,14-15,17-18,24,26H,1,6-9,12,19-20H2,2H3. The Bertz CT molecular complexity index is 754. The van der Waals surface area contributed by atoms with Crippen LogP contribution in [0.15, 0.2) is 66.7 Å². The van der Waals surface area contributed by atoms with Crippen molar-refractivity contribution in [2.24, 2.45) is 0 Å². The Hall–Kier alpha value is -2.54. The van der Waals surface area contributed by atoms with Gasteiger partial charge >= 0.3 is 0 Å². The summed E-state index contributed by atoms with van der Waals surface area (Å²) < 4.78 is 10.9. The van der Waals surface area contributed by atoms with Crippen molar-refractivity contribution in [1.29, 1.82) is 0 Å². The third-order valence-electron chi connectivity index (χ3n) is 4.41. The lowest BCUT2D eigenvalue weighted by Crippen LogP contribution is -2.03. The normalized spacial score (nSPS) is 11.4. The maximum Gasteiger partial charge on any atom is 0.118 e.